The number of rotatable bonds is 7. The molecule has 168 valence electrons. The minimum Gasteiger partial charge on any atom is -0.453 e. The Labute approximate surface area is 187 Å². The van der Waals surface area contributed by atoms with E-state index >= 15 is 0 Å². The Balaban J connectivity index is 1.64. The maximum absolute atomic E-state index is 12.5. The van der Waals surface area contributed by atoms with Gasteiger partial charge >= 0.3 is 5.97 Å². The van der Waals surface area contributed by atoms with Crippen molar-refractivity contribution in [3.05, 3.63) is 82.8 Å². The van der Waals surface area contributed by atoms with Gasteiger partial charge in [0.05, 0.1) is 4.90 Å². The molecule has 0 spiro atoms. The highest BCUT2D eigenvalue weighted by molar-refractivity contribution is 7.90. The fourth-order valence-electron chi connectivity index (χ4n) is 3.34. The summed E-state index contributed by atoms with van der Waals surface area (Å²) in [5.41, 5.74) is 3.57. The summed E-state index contributed by atoms with van der Waals surface area (Å²) in [6, 6.07) is 14.6. The van der Waals surface area contributed by atoms with Gasteiger partial charge < -0.3 is 14.5 Å². The lowest BCUT2D eigenvalue weighted by Crippen LogP contribution is -2.30. The number of esters is 1. The Morgan fingerprint density at radius 1 is 1.00 bits per heavy atom. The molecule has 0 aliphatic carbocycles. The van der Waals surface area contributed by atoms with E-state index in [0.29, 0.717) is 5.69 Å². The molecule has 1 atom stereocenters. The Kier molecular flexibility index (Phi) is 6.84. The van der Waals surface area contributed by atoms with Gasteiger partial charge in [0.1, 0.15) is 11.5 Å². The molecule has 32 heavy (non-hydrogen) atoms. The molecule has 0 saturated heterocycles. The Morgan fingerprint density at radius 2 is 1.62 bits per heavy atom. The van der Waals surface area contributed by atoms with E-state index in [2.05, 4.69) is 5.32 Å². The number of nitrogens with one attached hydrogen (secondary N) is 1. The molecule has 0 aliphatic heterocycles. The van der Waals surface area contributed by atoms with E-state index in [-0.39, 0.29) is 16.4 Å². The molecule has 0 saturated carbocycles. The maximum Gasteiger partial charge on any atom is 0.375 e. The lowest BCUT2D eigenvalue weighted by Gasteiger charge is -2.16. The number of amides is 1. The van der Waals surface area contributed by atoms with Gasteiger partial charge in [-0.2, -0.15) is 0 Å². The Morgan fingerprint density at radius 3 is 2.25 bits per heavy atom. The monoisotopic (exact) mass is 455 g/mol. The SMILES string of the molecule is Cc1cc(C)c(NC(=O)C(C)OC(=O)c2ccc(CS(=O)(=O)c3ccccc3)o2)c(C)c1. The average Bonchev–Trinajstić information content (AvgIpc) is 3.19. The second kappa shape index (κ2) is 9.40. The van der Waals surface area contributed by atoms with Gasteiger partial charge in [-0.3, -0.25) is 4.79 Å². The van der Waals surface area contributed by atoms with Crippen LogP contribution in [0.1, 0.15) is 39.9 Å². The van der Waals surface area contributed by atoms with E-state index in [1.54, 1.807) is 18.2 Å². The summed E-state index contributed by atoms with van der Waals surface area (Å²) in [6.45, 7) is 7.20. The van der Waals surface area contributed by atoms with Crippen LogP contribution in [0.2, 0.25) is 0 Å². The molecule has 0 bridgehead atoms. The standard InChI is InChI=1S/C24H25NO6S/c1-15-12-16(2)22(17(3)13-15)25-23(26)18(4)30-24(27)21-11-10-19(31-21)14-32(28,29)20-8-6-5-7-9-20/h5-13,18H,14H2,1-4H3,(H,25,26). The van der Waals surface area contributed by atoms with E-state index < -0.39 is 33.6 Å². The quantitative estimate of drug-likeness (QED) is 0.531. The fourth-order valence-corrected chi connectivity index (χ4v) is 4.61. The van der Waals surface area contributed by atoms with Crippen LogP contribution in [0.15, 0.2) is 63.9 Å². The highest BCUT2D eigenvalue weighted by Crippen LogP contribution is 2.23. The minimum absolute atomic E-state index is 0.101. The lowest BCUT2D eigenvalue weighted by atomic mass is 10.0. The first-order valence-corrected chi connectivity index (χ1v) is 11.7. The first-order chi connectivity index (χ1) is 15.1. The van der Waals surface area contributed by atoms with Crippen LogP contribution in [0, 0.1) is 20.8 Å². The number of hydrogen-bond acceptors (Lipinski definition) is 6. The zero-order valence-corrected chi connectivity index (χ0v) is 19.2. The average molecular weight is 456 g/mol. The molecule has 1 N–H and O–H groups in total. The van der Waals surface area contributed by atoms with E-state index in [9.17, 15) is 18.0 Å². The highest BCUT2D eigenvalue weighted by atomic mass is 32.2. The van der Waals surface area contributed by atoms with Gasteiger partial charge in [-0.25, -0.2) is 13.2 Å². The number of carbonyl (C=O) groups is 2. The van der Waals surface area contributed by atoms with Crippen LogP contribution < -0.4 is 5.32 Å². The Bertz CT molecular complexity index is 1220. The van der Waals surface area contributed by atoms with Crippen molar-refractivity contribution in [2.75, 3.05) is 5.32 Å². The van der Waals surface area contributed by atoms with Gasteiger partial charge in [0, 0.05) is 5.69 Å². The van der Waals surface area contributed by atoms with Crippen molar-refractivity contribution >= 4 is 27.4 Å². The van der Waals surface area contributed by atoms with Gasteiger partial charge in [0.15, 0.2) is 15.9 Å². The van der Waals surface area contributed by atoms with Crippen molar-refractivity contribution in [2.24, 2.45) is 0 Å². The number of ether oxygens (including phenoxy) is 1. The zero-order chi connectivity index (χ0) is 23.5. The smallest absolute Gasteiger partial charge is 0.375 e. The van der Waals surface area contributed by atoms with E-state index in [4.69, 9.17) is 9.15 Å². The molecule has 1 aromatic heterocycles. The van der Waals surface area contributed by atoms with Gasteiger partial charge in [-0.1, -0.05) is 35.9 Å². The van der Waals surface area contributed by atoms with Gasteiger partial charge in [0.2, 0.25) is 5.76 Å². The topological polar surface area (TPSA) is 103 Å². The number of aryl methyl sites for hydroxylation is 3. The molecule has 1 unspecified atom stereocenters. The first-order valence-electron chi connectivity index (χ1n) is 10.0. The molecule has 3 rings (SSSR count). The highest BCUT2D eigenvalue weighted by Gasteiger charge is 2.24. The number of anilines is 1. The van der Waals surface area contributed by atoms with Gasteiger partial charge in [0.25, 0.3) is 5.91 Å². The molecule has 1 amide bonds. The van der Waals surface area contributed by atoms with Crippen LogP contribution >= 0.6 is 0 Å². The third-order valence-corrected chi connectivity index (χ3v) is 6.53. The van der Waals surface area contributed by atoms with Gasteiger partial charge in [-0.15, -0.1) is 0 Å². The molecule has 2 aromatic carbocycles. The summed E-state index contributed by atoms with van der Waals surface area (Å²) in [7, 11) is -3.62. The minimum atomic E-state index is -3.62. The maximum atomic E-state index is 12.5. The van der Waals surface area contributed by atoms with Crippen LogP contribution in [0.3, 0.4) is 0 Å². The van der Waals surface area contributed by atoms with E-state index in [1.807, 2.05) is 32.9 Å². The molecule has 0 fully saturated rings. The molecule has 0 radical (unpaired) electrons. The normalized spacial score (nSPS) is 12.2. The van der Waals surface area contributed by atoms with Crippen molar-refractivity contribution < 1.29 is 27.2 Å². The third kappa shape index (κ3) is 5.45. The van der Waals surface area contributed by atoms with E-state index in [0.717, 1.165) is 16.7 Å². The van der Waals surface area contributed by atoms with Crippen LogP contribution in [0.25, 0.3) is 0 Å². The molecule has 3 aromatic rings. The van der Waals surface area contributed by atoms with Crippen molar-refractivity contribution in [3.8, 4) is 0 Å². The molecular formula is C24H25NO6S. The first kappa shape index (κ1) is 23.3. The number of benzene rings is 2. The van der Waals surface area contributed by atoms with E-state index in [1.165, 1.54) is 31.2 Å². The third-order valence-electron chi connectivity index (χ3n) is 4.88. The molecule has 1 heterocycles. The number of sulfone groups is 1. The largest absolute Gasteiger partial charge is 0.453 e. The molecule has 8 heteroatoms. The summed E-state index contributed by atoms with van der Waals surface area (Å²) in [6.07, 6.45) is -1.08. The summed E-state index contributed by atoms with van der Waals surface area (Å²) < 4.78 is 35.5. The lowest BCUT2D eigenvalue weighted by molar-refractivity contribution is -0.123. The van der Waals surface area contributed by atoms with Crippen LogP contribution in [0.5, 0.6) is 0 Å². The molecule has 7 nitrogen and oxygen atoms in total. The predicted molar refractivity (Wildman–Crippen MR) is 120 cm³/mol. The number of carbonyl (C=O) groups excluding carboxylic acids is 2. The zero-order valence-electron chi connectivity index (χ0n) is 18.3. The van der Waals surface area contributed by atoms with Crippen molar-refractivity contribution in [1.29, 1.82) is 0 Å². The fraction of sp³-hybridized carbons (Fsp3) is 0.250. The summed E-state index contributed by atoms with van der Waals surface area (Å²) in [5, 5.41) is 2.79. The predicted octanol–water partition coefficient (Wildman–Crippen LogP) is 4.36. The summed E-state index contributed by atoms with van der Waals surface area (Å²) >= 11 is 0. The summed E-state index contributed by atoms with van der Waals surface area (Å²) in [5.74, 6) is -1.80. The second-order valence-corrected chi connectivity index (χ2v) is 9.64. The van der Waals surface area contributed by atoms with Gasteiger partial charge in [-0.05, 0) is 63.1 Å². The van der Waals surface area contributed by atoms with Crippen LogP contribution in [0.4, 0.5) is 5.69 Å². The number of hydrogen-bond donors (Lipinski definition) is 1. The number of furan rings is 1. The molecular weight excluding hydrogens is 430 g/mol. The van der Waals surface area contributed by atoms with Crippen molar-refractivity contribution in [1.82, 2.24) is 0 Å². The molecule has 0 aliphatic rings. The van der Waals surface area contributed by atoms with Crippen LogP contribution in [-0.2, 0) is 25.1 Å². The Hall–Kier alpha value is -3.39. The summed E-state index contributed by atoms with van der Waals surface area (Å²) in [4.78, 5) is 25.1. The van der Waals surface area contributed by atoms with Crippen molar-refractivity contribution in [2.45, 2.75) is 44.4 Å². The second-order valence-electron chi connectivity index (χ2n) is 7.65. The van der Waals surface area contributed by atoms with Crippen molar-refractivity contribution in [3.63, 3.8) is 0 Å². The van der Waals surface area contributed by atoms with Crippen LogP contribution in [-0.4, -0.2) is 26.4 Å².